The number of hydrogen-bond donors (Lipinski definition) is 2. The monoisotopic (exact) mass is 292 g/mol. The molecule has 6 heteroatoms. The molecule has 0 saturated carbocycles. The summed E-state index contributed by atoms with van der Waals surface area (Å²) in [7, 11) is 0. The molecule has 0 aliphatic rings. The van der Waals surface area contributed by atoms with E-state index in [-0.39, 0.29) is 11.4 Å². The number of para-hydroxylation sites is 1. The molecule has 5 nitrogen and oxygen atoms in total. The molecule has 0 fully saturated rings. The molecule has 0 atom stereocenters. The lowest BCUT2D eigenvalue weighted by atomic mass is 10.1. The summed E-state index contributed by atoms with van der Waals surface area (Å²) >= 11 is 5.98. The Labute approximate surface area is 121 Å². The predicted molar refractivity (Wildman–Crippen MR) is 78.4 cm³/mol. The van der Waals surface area contributed by atoms with Gasteiger partial charge in [0.25, 0.3) is 5.69 Å². The number of nitrogens with one attached hydrogen (secondary N) is 1. The molecule has 2 rings (SSSR count). The van der Waals surface area contributed by atoms with E-state index >= 15 is 0 Å². The fraction of sp³-hybridized carbons (Fsp3) is 0.143. The smallest absolute Gasteiger partial charge is 0.293 e. The zero-order chi connectivity index (χ0) is 14.5. The van der Waals surface area contributed by atoms with Crippen LogP contribution in [-0.4, -0.2) is 16.6 Å². The summed E-state index contributed by atoms with van der Waals surface area (Å²) in [5.41, 5.74) is 1.31. The molecule has 0 amide bonds. The SMILES string of the molecule is O=[N+]([O-])c1cccc(Cl)c1NCCc1ccc(O)cc1. The number of phenolic OH excluding ortho intramolecular Hbond substituents is 1. The second-order valence-corrected chi connectivity index (χ2v) is 4.64. The molecule has 2 aromatic carbocycles. The van der Waals surface area contributed by atoms with Crippen molar-refractivity contribution in [3.8, 4) is 5.75 Å². The number of rotatable bonds is 5. The minimum atomic E-state index is -0.464. The highest BCUT2D eigenvalue weighted by molar-refractivity contribution is 6.33. The maximum atomic E-state index is 10.9. The van der Waals surface area contributed by atoms with E-state index in [0.29, 0.717) is 23.7 Å². The van der Waals surface area contributed by atoms with Crippen molar-refractivity contribution in [3.63, 3.8) is 0 Å². The average Bonchev–Trinajstić information content (AvgIpc) is 2.42. The fourth-order valence-electron chi connectivity index (χ4n) is 1.83. The van der Waals surface area contributed by atoms with Gasteiger partial charge in [-0.3, -0.25) is 10.1 Å². The Morgan fingerprint density at radius 3 is 2.55 bits per heavy atom. The van der Waals surface area contributed by atoms with E-state index in [9.17, 15) is 15.2 Å². The van der Waals surface area contributed by atoms with Crippen LogP contribution in [0.5, 0.6) is 5.75 Å². The van der Waals surface area contributed by atoms with Gasteiger partial charge in [-0.15, -0.1) is 0 Å². The summed E-state index contributed by atoms with van der Waals surface area (Å²) in [4.78, 5) is 10.5. The molecule has 2 N–H and O–H groups in total. The molecule has 0 aliphatic heterocycles. The fourth-order valence-corrected chi connectivity index (χ4v) is 2.07. The summed E-state index contributed by atoms with van der Waals surface area (Å²) in [5.74, 6) is 0.212. The first-order valence-corrected chi connectivity index (χ1v) is 6.40. The molecule has 0 spiro atoms. The van der Waals surface area contributed by atoms with Crippen LogP contribution in [0.15, 0.2) is 42.5 Å². The first kappa shape index (κ1) is 14.1. The Morgan fingerprint density at radius 1 is 1.20 bits per heavy atom. The highest BCUT2D eigenvalue weighted by atomic mass is 35.5. The van der Waals surface area contributed by atoms with Gasteiger partial charge in [-0.2, -0.15) is 0 Å². The van der Waals surface area contributed by atoms with Crippen molar-refractivity contribution in [1.29, 1.82) is 0 Å². The van der Waals surface area contributed by atoms with Crippen LogP contribution in [0.25, 0.3) is 0 Å². The number of nitrogens with zero attached hydrogens (tertiary/aromatic N) is 1. The normalized spacial score (nSPS) is 10.2. The molecular formula is C14H13ClN2O3. The van der Waals surface area contributed by atoms with Gasteiger partial charge in [0.15, 0.2) is 0 Å². The Balaban J connectivity index is 2.04. The topological polar surface area (TPSA) is 75.4 Å². The lowest BCUT2D eigenvalue weighted by molar-refractivity contribution is -0.383. The lowest BCUT2D eigenvalue weighted by Crippen LogP contribution is -2.07. The van der Waals surface area contributed by atoms with Crippen LogP contribution >= 0.6 is 11.6 Å². The van der Waals surface area contributed by atoms with Gasteiger partial charge in [0.1, 0.15) is 11.4 Å². The molecule has 20 heavy (non-hydrogen) atoms. The van der Waals surface area contributed by atoms with Gasteiger partial charge >= 0.3 is 0 Å². The van der Waals surface area contributed by atoms with Crippen molar-refractivity contribution in [3.05, 3.63) is 63.2 Å². The van der Waals surface area contributed by atoms with E-state index < -0.39 is 4.92 Å². The van der Waals surface area contributed by atoms with Crippen molar-refractivity contribution in [2.75, 3.05) is 11.9 Å². The largest absolute Gasteiger partial charge is 0.508 e. The van der Waals surface area contributed by atoms with Gasteiger partial charge in [0.2, 0.25) is 0 Å². The summed E-state index contributed by atoms with van der Waals surface area (Å²) in [6.45, 7) is 0.509. The summed E-state index contributed by atoms with van der Waals surface area (Å²) in [5, 5.41) is 23.4. The number of phenols is 1. The first-order chi connectivity index (χ1) is 9.58. The molecule has 0 saturated heterocycles. The highest BCUT2D eigenvalue weighted by Crippen LogP contribution is 2.31. The van der Waals surface area contributed by atoms with Crippen LogP contribution in [0.2, 0.25) is 5.02 Å². The zero-order valence-electron chi connectivity index (χ0n) is 10.5. The minimum Gasteiger partial charge on any atom is -0.508 e. The van der Waals surface area contributed by atoms with E-state index in [2.05, 4.69) is 5.32 Å². The lowest BCUT2D eigenvalue weighted by Gasteiger charge is -2.09. The standard InChI is InChI=1S/C14H13ClN2O3/c15-12-2-1-3-13(17(19)20)14(12)16-9-8-10-4-6-11(18)7-5-10/h1-7,16,18H,8-9H2. The minimum absolute atomic E-state index is 0.0387. The maximum absolute atomic E-state index is 10.9. The van der Waals surface area contributed by atoms with E-state index in [4.69, 9.17) is 11.6 Å². The van der Waals surface area contributed by atoms with E-state index in [1.54, 1.807) is 36.4 Å². The summed E-state index contributed by atoms with van der Waals surface area (Å²) < 4.78 is 0. The van der Waals surface area contributed by atoms with E-state index in [1.165, 1.54) is 6.07 Å². The maximum Gasteiger partial charge on any atom is 0.293 e. The predicted octanol–water partition coefficient (Wildman–Crippen LogP) is 3.61. The molecule has 0 heterocycles. The molecule has 0 unspecified atom stereocenters. The van der Waals surface area contributed by atoms with Crippen LogP contribution in [-0.2, 0) is 6.42 Å². The Morgan fingerprint density at radius 2 is 1.90 bits per heavy atom. The number of aromatic hydroxyl groups is 1. The second kappa shape index (κ2) is 6.25. The molecule has 0 bridgehead atoms. The first-order valence-electron chi connectivity index (χ1n) is 6.02. The molecule has 0 radical (unpaired) electrons. The third-order valence-electron chi connectivity index (χ3n) is 2.84. The van der Waals surface area contributed by atoms with Gasteiger partial charge in [0.05, 0.1) is 9.95 Å². The number of nitro benzene ring substituents is 1. The van der Waals surface area contributed by atoms with Crippen molar-refractivity contribution >= 4 is 23.0 Å². The molecule has 0 aliphatic carbocycles. The van der Waals surface area contributed by atoms with Gasteiger partial charge in [-0.25, -0.2) is 0 Å². The van der Waals surface area contributed by atoms with Crippen molar-refractivity contribution in [2.24, 2.45) is 0 Å². The average molecular weight is 293 g/mol. The van der Waals surface area contributed by atoms with E-state index in [0.717, 1.165) is 5.56 Å². The van der Waals surface area contributed by atoms with Crippen LogP contribution < -0.4 is 5.32 Å². The van der Waals surface area contributed by atoms with Crippen LogP contribution in [0.4, 0.5) is 11.4 Å². The number of nitro groups is 1. The third-order valence-corrected chi connectivity index (χ3v) is 3.16. The highest BCUT2D eigenvalue weighted by Gasteiger charge is 2.15. The second-order valence-electron chi connectivity index (χ2n) is 4.23. The number of hydrogen-bond acceptors (Lipinski definition) is 4. The van der Waals surface area contributed by atoms with Gasteiger partial charge < -0.3 is 10.4 Å². The molecule has 0 aromatic heterocycles. The van der Waals surface area contributed by atoms with E-state index in [1.807, 2.05) is 0 Å². The molecule has 2 aromatic rings. The van der Waals surface area contributed by atoms with Crippen molar-refractivity contribution < 1.29 is 10.0 Å². The van der Waals surface area contributed by atoms with Gasteiger partial charge in [0, 0.05) is 12.6 Å². The molecular weight excluding hydrogens is 280 g/mol. The van der Waals surface area contributed by atoms with Crippen LogP contribution in [0.3, 0.4) is 0 Å². The third kappa shape index (κ3) is 3.39. The van der Waals surface area contributed by atoms with Crippen molar-refractivity contribution in [1.82, 2.24) is 0 Å². The van der Waals surface area contributed by atoms with Gasteiger partial charge in [-0.05, 0) is 30.2 Å². The van der Waals surface area contributed by atoms with Crippen LogP contribution in [0, 0.1) is 10.1 Å². The van der Waals surface area contributed by atoms with Crippen LogP contribution in [0.1, 0.15) is 5.56 Å². The Bertz CT molecular complexity index is 614. The van der Waals surface area contributed by atoms with Gasteiger partial charge in [-0.1, -0.05) is 29.8 Å². The zero-order valence-corrected chi connectivity index (χ0v) is 11.3. The number of halogens is 1. The quantitative estimate of drug-likeness (QED) is 0.652. The number of benzene rings is 2. The Hall–Kier alpha value is -2.27. The summed E-state index contributed by atoms with van der Waals surface area (Å²) in [6.07, 6.45) is 0.669. The summed E-state index contributed by atoms with van der Waals surface area (Å²) in [6, 6.07) is 11.4. The van der Waals surface area contributed by atoms with Crippen molar-refractivity contribution in [2.45, 2.75) is 6.42 Å². The number of anilines is 1. The Kier molecular flexibility index (Phi) is 4.42. The molecule has 104 valence electrons.